The van der Waals surface area contributed by atoms with Crippen molar-refractivity contribution in [3.05, 3.63) is 17.8 Å². The number of hydrogen-bond acceptors (Lipinski definition) is 4. The average molecular weight is 306 g/mol. The van der Waals surface area contributed by atoms with Crippen LogP contribution in [0.5, 0.6) is 0 Å². The number of nitrogens with zero attached hydrogens (tertiary/aromatic N) is 2. The van der Waals surface area contributed by atoms with E-state index in [-0.39, 0.29) is 18.4 Å². The molecule has 1 saturated heterocycles. The van der Waals surface area contributed by atoms with Crippen LogP contribution in [0.2, 0.25) is 0 Å². The van der Waals surface area contributed by atoms with Crippen LogP contribution in [0.4, 0.5) is 18.0 Å². The Morgan fingerprint density at radius 3 is 2.62 bits per heavy atom. The van der Waals surface area contributed by atoms with Gasteiger partial charge in [0.2, 0.25) is 5.76 Å². The molecule has 0 saturated carbocycles. The smallest absolute Gasteiger partial charge is 0.444 e. The highest BCUT2D eigenvalue weighted by Gasteiger charge is 2.38. The molecule has 1 unspecified atom stereocenters. The Kier molecular flexibility index (Phi) is 3.90. The first-order chi connectivity index (χ1) is 9.56. The van der Waals surface area contributed by atoms with E-state index in [0.717, 1.165) is 0 Å². The van der Waals surface area contributed by atoms with Crippen molar-refractivity contribution in [2.45, 2.75) is 44.9 Å². The van der Waals surface area contributed by atoms with Crippen molar-refractivity contribution < 1.29 is 27.1 Å². The number of carbonyl (C=O) groups is 1. The minimum Gasteiger partial charge on any atom is -0.444 e. The minimum atomic E-state index is -4.55. The van der Waals surface area contributed by atoms with Gasteiger partial charge in [-0.2, -0.15) is 13.2 Å². The third kappa shape index (κ3) is 3.89. The highest BCUT2D eigenvalue weighted by molar-refractivity contribution is 5.68. The average Bonchev–Trinajstić information content (AvgIpc) is 2.95. The van der Waals surface area contributed by atoms with Gasteiger partial charge in [0.05, 0.1) is 12.1 Å². The largest absolute Gasteiger partial charge is 0.451 e. The highest BCUT2D eigenvalue weighted by atomic mass is 19.4. The highest BCUT2D eigenvalue weighted by Crippen LogP contribution is 2.33. The molecular weight excluding hydrogens is 289 g/mol. The molecule has 0 N–H and O–H groups in total. The fourth-order valence-corrected chi connectivity index (χ4v) is 2.06. The van der Waals surface area contributed by atoms with Crippen LogP contribution in [0.15, 0.2) is 10.6 Å². The van der Waals surface area contributed by atoms with E-state index in [9.17, 15) is 18.0 Å². The van der Waals surface area contributed by atoms with Gasteiger partial charge in [-0.05, 0) is 27.2 Å². The Bertz CT molecular complexity index is 519. The van der Waals surface area contributed by atoms with Gasteiger partial charge in [-0.3, -0.25) is 0 Å². The molecule has 0 bridgehead atoms. The lowest BCUT2D eigenvalue weighted by molar-refractivity contribution is -0.153. The van der Waals surface area contributed by atoms with E-state index in [1.165, 1.54) is 4.90 Å². The van der Waals surface area contributed by atoms with Crippen molar-refractivity contribution >= 4 is 6.09 Å². The molecule has 0 aromatic carbocycles. The van der Waals surface area contributed by atoms with Crippen LogP contribution in [0.3, 0.4) is 0 Å². The lowest BCUT2D eigenvalue weighted by Gasteiger charge is -2.24. The van der Waals surface area contributed by atoms with E-state index in [1.54, 1.807) is 20.8 Å². The van der Waals surface area contributed by atoms with E-state index in [4.69, 9.17) is 9.15 Å². The number of oxazole rings is 1. The van der Waals surface area contributed by atoms with Gasteiger partial charge in [0.1, 0.15) is 5.60 Å². The summed E-state index contributed by atoms with van der Waals surface area (Å²) in [5.41, 5.74) is -0.610. The second-order valence-electron chi connectivity index (χ2n) is 5.97. The molecule has 1 aliphatic rings. The number of hydrogen-bond donors (Lipinski definition) is 0. The van der Waals surface area contributed by atoms with E-state index in [1.807, 2.05) is 0 Å². The van der Waals surface area contributed by atoms with Gasteiger partial charge in [-0.15, -0.1) is 0 Å². The zero-order chi connectivity index (χ0) is 15.8. The number of aromatic nitrogens is 1. The summed E-state index contributed by atoms with van der Waals surface area (Å²) in [5.74, 6) is -1.45. The molecular formula is C13H17F3N2O3. The van der Waals surface area contributed by atoms with Crippen LogP contribution in [0.25, 0.3) is 0 Å². The van der Waals surface area contributed by atoms with Crippen LogP contribution in [-0.4, -0.2) is 34.7 Å². The summed E-state index contributed by atoms with van der Waals surface area (Å²) in [7, 11) is 0. The number of halogens is 3. The first-order valence-corrected chi connectivity index (χ1v) is 6.57. The monoisotopic (exact) mass is 306 g/mol. The maximum Gasteiger partial charge on any atom is 0.451 e. The van der Waals surface area contributed by atoms with Crippen LogP contribution in [-0.2, 0) is 10.9 Å². The summed E-state index contributed by atoms with van der Waals surface area (Å²) < 4.78 is 47.3. The molecule has 2 rings (SSSR count). The topological polar surface area (TPSA) is 55.6 Å². The Morgan fingerprint density at radius 1 is 1.43 bits per heavy atom. The lowest BCUT2D eigenvalue weighted by atomic mass is 10.1. The van der Waals surface area contributed by atoms with Crippen LogP contribution >= 0.6 is 0 Å². The van der Waals surface area contributed by atoms with E-state index in [0.29, 0.717) is 19.2 Å². The van der Waals surface area contributed by atoms with Gasteiger partial charge in [0.25, 0.3) is 0 Å². The lowest BCUT2D eigenvalue weighted by Crippen LogP contribution is -2.35. The Labute approximate surface area is 120 Å². The molecule has 118 valence electrons. The molecule has 0 radical (unpaired) electrons. The summed E-state index contributed by atoms with van der Waals surface area (Å²) >= 11 is 0. The van der Waals surface area contributed by atoms with Gasteiger partial charge in [0.15, 0.2) is 5.89 Å². The standard InChI is InChI=1S/C13H17F3N2O3/c1-12(2,3)21-11(19)18-5-4-8(7-18)10-17-6-9(20-10)13(14,15)16/h6,8H,4-5,7H2,1-3H3. The van der Waals surface area contributed by atoms with E-state index < -0.39 is 23.6 Å². The quantitative estimate of drug-likeness (QED) is 0.798. The number of likely N-dealkylation sites (tertiary alicyclic amines) is 1. The first kappa shape index (κ1) is 15.7. The fourth-order valence-electron chi connectivity index (χ4n) is 2.06. The first-order valence-electron chi connectivity index (χ1n) is 6.57. The van der Waals surface area contributed by atoms with Gasteiger partial charge in [-0.1, -0.05) is 0 Å². The van der Waals surface area contributed by atoms with Crippen molar-refractivity contribution in [2.24, 2.45) is 0 Å². The van der Waals surface area contributed by atoms with Gasteiger partial charge in [-0.25, -0.2) is 9.78 Å². The minimum absolute atomic E-state index is 0.00776. The molecule has 1 aliphatic heterocycles. The number of carbonyl (C=O) groups excluding carboxylic acids is 1. The maximum absolute atomic E-state index is 12.5. The van der Waals surface area contributed by atoms with Gasteiger partial charge >= 0.3 is 12.3 Å². The van der Waals surface area contributed by atoms with Crippen molar-refractivity contribution in [2.75, 3.05) is 13.1 Å². The molecule has 1 atom stereocenters. The third-order valence-electron chi connectivity index (χ3n) is 2.99. The second-order valence-corrected chi connectivity index (χ2v) is 5.97. The SMILES string of the molecule is CC(C)(C)OC(=O)N1CCC(c2ncc(C(F)(F)F)o2)C1. The molecule has 1 aromatic rings. The van der Waals surface area contributed by atoms with Gasteiger partial charge < -0.3 is 14.1 Å². The summed E-state index contributed by atoms with van der Waals surface area (Å²) in [6, 6.07) is 0. The van der Waals surface area contributed by atoms with Crippen LogP contribution < -0.4 is 0 Å². The molecule has 1 aromatic heterocycles. The Morgan fingerprint density at radius 2 is 2.10 bits per heavy atom. The molecule has 0 aliphatic carbocycles. The maximum atomic E-state index is 12.5. The number of alkyl halides is 3. The van der Waals surface area contributed by atoms with E-state index in [2.05, 4.69) is 4.98 Å². The zero-order valence-corrected chi connectivity index (χ0v) is 12.0. The van der Waals surface area contributed by atoms with E-state index >= 15 is 0 Å². The third-order valence-corrected chi connectivity index (χ3v) is 2.99. The zero-order valence-electron chi connectivity index (χ0n) is 12.0. The predicted octanol–water partition coefficient (Wildman–Crippen LogP) is 3.42. The molecule has 21 heavy (non-hydrogen) atoms. The van der Waals surface area contributed by atoms with Crippen LogP contribution in [0.1, 0.15) is 44.8 Å². The molecule has 2 heterocycles. The van der Waals surface area contributed by atoms with Crippen molar-refractivity contribution in [1.82, 2.24) is 9.88 Å². The number of rotatable bonds is 1. The second kappa shape index (κ2) is 5.23. The summed E-state index contributed by atoms with van der Waals surface area (Å²) in [5, 5.41) is 0. The molecule has 8 heteroatoms. The summed E-state index contributed by atoms with van der Waals surface area (Å²) in [4.78, 5) is 17.0. The molecule has 0 spiro atoms. The van der Waals surface area contributed by atoms with Crippen molar-refractivity contribution in [1.29, 1.82) is 0 Å². The normalized spacial score (nSPS) is 19.9. The molecule has 1 fully saturated rings. The Hall–Kier alpha value is -1.73. The molecule has 1 amide bonds. The van der Waals surface area contributed by atoms with Gasteiger partial charge in [0, 0.05) is 13.1 Å². The summed E-state index contributed by atoms with van der Waals surface area (Å²) in [6.45, 7) is 5.91. The van der Waals surface area contributed by atoms with Crippen molar-refractivity contribution in [3.8, 4) is 0 Å². The fraction of sp³-hybridized carbons (Fsp3) is 0.692. The van der Waals surface area contributed by atoms with Crippen molar-refractivity contribution in [3.63, 3.8) is 0 Å². The predicted molar refractivity (Wildman–Crippen MR) is 66.7 cm³/mol. The van der Waals surface area contributed by atoms with Crippen LogP contribution in [0, 0.1) is 0 Å². The number of amides is 1. The Balaban J connectivity index is 1.99. The number of ether oxygens (including phenoxy) is 1. The summed E-state index contributed by atoms with van der Waals surface area (Å²) in [6.07, 6.45) is -3.86. The molecule has 5 nitrogen and oxygen atoms in total.